The molecule has 14 heavy (non-hydrogen) atoms. The summed E-state index contributed by atoms with van der Waals surface area (Å²) in [4.78, 5) is 0. The van der Waals surface area contributed by atoms with Gasteiger partial charge >= 0.3 is 0 Å². The molecule has 3 heteroatoms. The maximum Gasteiger partial charge on any atom is 0.124 e. The van der Waals surface area contributed by atoms with Gasteiger partial charge in [0.1, 0.15) is 5.75 Å². The summed E-state index contributed by atoms with van der Waals surface area (Å²) in [7, 11) is 1.60. The summed E-state index contributed by atoms with van der Waals surface area (Å²) in [5.74, 6) is 0.719. The molecule has 0 fully saturated rings. The molecule has 0 radical (unpaired) electrons. The summed E-state index contributed by atoms with van der Waals surface area (Å²) < 4.78 is 5.22. The van der Waals surface area contributed by atoms with Crippen LogP contribution in [0.25, 0.3) is 0 Å². The second kappa shape index (κ2) is 4.20. The van der Waals surface area contributed by atoms with Crippen LogP contribution in [-0.4, -0.2) is 18.8 Å². The molecule has 0 atom stereocenters. The van der Waals surface area contributed by atoms with Crippen molar-refractivity contribution in [2.24, 2.45) is 0 Å². The molecule has 0 saturated carbocycles. The van der Waals surface area contributed by atoms with Crippen LogP contribution in [-0.2, 0) is 5.41 Å². The van der Waals surface area contributed by atoms with Crippen LogP contribution < -0.4 is 4.74 Å². The highest BCUT2D eigenvalue weighted by molar-refractivity contribution is 6.30. The van der Waals surface area contributed by atoms with E-state index < -0.39 is 0 Å². The minimum atomic E-state index is -0.310. The number of ether oxygens (including phenoxy) is 1. The Morgan fingerprint density at radius 3 is 2.57 bits per heavy atom. The predicted molar refractivity (Wildman–Crippen MR) is 58.1 cm³/mol. The summed E-state index contributed by atoms with van der Waals surface area (Å²) in [6, 6.07) is 5.45. The molecule has 0 aliphatic rings. The second-order valence-corrected chi connectivity index (χ2v) is 4.32. The highest BCUT2D eigenvalue weighted by Gasteiger charge is 2.23. The SMILES string of the molecule is COc1cc(Cl)ccc1C(C)(C)CO. The molecule has 0 amide bonds. The summed E-state index contributed by atoms with van der Waals surface area (Å²) >= 11 is 5.85. The molecule has 1 aromatic carbocycles. The number of aliphatic hydroxyl groups is 1. The fourth-order valence-corrected chi connectivity index (χ4v) is 1.47. The van der Waals surface area contributed by atoms with Gasteiger partial charge in [-0.3, -0.25) is 0 Å². The second-order valence-electron chi connectivity index (χ2n) is 3.89. The highest BCUT2D eigenvalue weighted by Crippen LogP contribution is 2.33. The Hall–Kier alpha value is -0.730. The molecule has 1 N–H and O–H groups in total. The number of rotatable bonds is 3. The third kappa shape index (κ3) is 2.20. The van der Waals surface area contributed by atoms with Crippen LogP contribution in [0.4, 0.5) is 0 Å². The fraction of sp³-hybridized carbons (Fsp3) is 0.455. The van der Waals surface area contributed by atoms with Crippen molar-refractivity contribution in [3.05, 3.63) is 28.8 Å². The number of benzene rings is 1. The molecule has 0 spiro atoms. The summed E-state index contributed by atoms with van der Waals surface area (Å²) in [6.07, 6.45) is 0. The van der Waals surface area contributed by atoms with E-state index in [1.807, 2.05) is 19.9 Å². The molecule has 0 unspecified atom stereocenters. The van der Waals surface area contributed by atoms with E-state index >= 15 is 0 Å². The van der Waals surface area contributed by atoms with Gasteiger partial charge in [-0.25, -0.2) is 0 Å². The zero-order valence-corrected chi connectivity index (χ0v) is 9.43. The van der Waals surface area contributed by atoms with Gasteiger partial charge in [0.05, 0.1) is 13.7 Å². The van der Waals surface area contributed by atoms with E-state index in [9.17, 15) is 5.11 Å². The van der Waals surface area contributed by atoms with Crippen LogP contribution in [0.15, 0.2) is 18.2 Å². The molecular weight excluding hydrogens is 200 g/mol. The lowest BCUT2D eigenvalue weighted by Crippen LogP contribution is -2.22. The van der Waals surface area contributed by atoms with E-state index in [-0.39, 0.29) is 12.0 Å². The van der Waals surface area contributed by atoms with Crippen molar-refractivity contribution in [3.63, 3.8) is 0 Å². The van der Waals surface area contributed by atoms with Gasteiger partial charge < -0.3 is 9.84 Å². The predicted octanol–water partition coefficient (Wildman–Crippen LogP) is 2.62. The maximum atomic E-state index is 9.25. The average Bonchev–Trinajstić information content (AvgIpc) is 2.17. The molecule has 0 aliphatic carbocycles. The first-order valence-corrected chi connectivity index (χ1v) is 4.84. The largest absolute Gasteiger partial charge is 0.496 e. The highest BCUT2D eigenvalue weighted by atomic mass is 35.5. The van der Waals surface area contributed by atoms with E-state index in [0.717, 1.165) is 11.3 Å². The standard InChI is InChI=1S/C11H15ClO2/c1-11(2,7-13)9-5-4-8(12)6-10(9)14-3/h4-6,13H,7H2,1-3H3. The van der Waals surface area contributed by atoms with Crippen molar-refractivity contribution in [1.29, 1.82) is 0 Å². The van der Waals surface area contributed by atoms with Crippen molar-refractivity contribution in [3.8, 4) is 5.75 Å². The van der Waals surface area contributed by atoms with Crippen LogP contribution in [0.2, 0.25) is 5.02 Å². The average molecular weight is 215 g/mol. The zero-order valence-electron chi connectivity index (χ0n) is 8.67. The molecule has 0 aliphatic heterocycles. The number of methoxy groups -OCH3 is 1. The Kier molecular flexibility index (Phi) is 3.40. The van der Waals surface area contributed by atoms with E-state index in [0.29, 0.717) is 5.02 Å². The van der Waals surface area contributed by atoms with E-state index in [1.54, 1.807) is 19.2 Å². The minimum Gasteiger partial charge on any atom is -0.496 e. The Labute approximate surface area is 89.5 Å². The number of hydrogen-bond acceptors (Lipinski definition) is 2. The van der Waals surface area contributed by atoms with Gasteiger partial charge in [-0.15, -0.1) is 0 Å². The molecule has 1 rings (SSSR count). The van der Waals surface area contributed by atoms with Gasteiger partial charge in [0.25, 0.3) is 0 Å². The van der Waals surface area contributed by atoms with Crippen LogP contribution in [0.3, 0.4) is 0 Å². The monoisotopic (exact) mass is 214 g/mol. The smallest absolute Gasteiger partial charge is 0.124 e. The van der Waals surface area contributed by atoms with E-state index in [2.05, 4.69) is 0 Å². The number of hydrogen-bond donors (Lipinski definition) is 1. The first kappa shape index (κ1) is 11.3. The number of aliphatic hydroxyl groups excluding tert-OH is 1. The van der Waals surface area contributed by atoms with Crippen LogP contribution in [0.1, 0.15) is 19.4 Å². The zero-order chi connectivity index (χ0) is 10.8. The van der Waals surface area contributed by atoms with Gasteiger partial charge in [-0.1, -0.05) is 31.5 Å². The van der Waals surface area contributed by atoms with Crippen molar-refractivity contribution in [1.82, 2.24) is 0 Å². The Morgan fingerprint density at radius 1 is 1.43 bits per heavy atom. The van der Waals surface area contributed by atoms with Gasteiger partial charge in [0.2, 0.25) is 0 Å². The summed E-state index contributed by atoms with van der Waals surface area (Å²) in [5.41, 5.74) is 0.655. The van der Waals surface area contributed by atoms with Crippen LogP contribution in [0, 0.1) is 0 Å². The fourth-order valence-electron chi connectivity index (χ4n) is 1.31. The van der Waals surface area contributed by atoms with Crippen molar-refractivity contribution in [2.75, 3.05) is 13.7 Å². The van der Waals surface area contributed by atoms with E-state index in [4.69, 9.17) is 16.3 Å². The lowest BCUT2D eigenvalue weighted by atomic mass is 9.85. The van der Waals surface area contributed by atoms with Crippen LogP contribution in [0.5, 0.6) is 5.75 Å². The van der Waals surface area contributed by atoms with Gasteiger partial charge in [-0.2, -0.15) is 0 Å². The number of halogens is 1. The Morgan fingerprint density at radius 2 is 2.07 bits per heavy atom. The quantitative estimate of drug-likeness (QED) is 0.838. The molecule has 0 saturated heterocycles. The van der Waals surface area contributed by atoms with Crippen molar-refractivity contribution in [2.45, 2.75) is 19.3 Å². The molecule has 1 aromatic rings. The molecular formula is C11H15ClO2. The first-order chi connectivity index (χ1) is 6.51. The minimum absolute atomic E-state index is 0.0744. The maximum absolute atomic E-state index is 9.25. The molecule has 0 heterocycles. The third-order valence-electron chi connectivity index (χ3n) is 2.29. The van der Waals surface area contributed by atoms with Crippen molar-refractivity contribution >= 4 is 11.6 Å². The normalized spacial score (nSPS) is 11.5. The summed E-state index contributed by atoms with van der Waals surface area (Å²) in [6.45, 7) is 3.99. The van der Waals surface area contributed by atoms with Crippen molar-refractivity contribution < 1.29 is 9.84 Å². The Balaban J connectivity index is 3.20. The topological polar surface area (TPSA) is 29.5 Å². The molecule has 0 aromatic heterocycles. The van der Waals surface area contributed by atoms with Gasteiger partial charge in [0, 0.05) is 16.0 Å². The van der Waals surface area contributed by atoms with Gasteiger partial charge in [-0.05, 0) is 12.1 Å². The summed E-state index contributed by atoms with van der Waals surface area (Å²) in [5, 5.41) is 9.89. The lowest BCUT2D eigenvalue weighted by Gasteiger charge is -2.24. The third-order valence-corrected chi connectivity index (χ3v) is 2.52. The van der Waals surface area contributed by atoms with E-state index in [1.165, 1.54) is 0 Å². The first-order valence-electron chi connectivity index (χ1n) is 4.46. The lowest BCUT2D eigenvalue weighted by molar-refractivity contribution is 0.215. The molecule has 78 valence electrons. The van der Waals surface area contributed by atoms with Crippen LogP contribution >= 0.6 is 11.6 Å². The van der Waals surface area contributed by atoms with Gasteiger partial charge in [0.15, 0.2) is 0 Å². The molecule has 2 nitrogen and oxygen atoms in total. The molecule has 0 bridgehead atoms. The Bertz CT molecular complexity index is 321.